The van der Waals surface area contributed by atoms with Crippen LogP contribution < -0.4 is 0 Å². The largest absolute Gasteiger partial charge is 4.00 e. The maximum atomic E-state index is 8.24. The summed E-state index contributed by atoms with van der Waals surface area (Å²) in [6.45, 7) is 2.00. The molecule has 4 N–H and O–H groups in total. The molecule has 13 heavy (non-hydrogen) atoms. The van der Waals surface area contributed by atoms with Gasteiger partial charge in [-0.25, -0.2) is 0 Å². The Morgan fingerprint density at radius 3 is 0.538 bits per heavy atom. The third-order valence-corrected chi connectivity index (χ3v) is 0. The van der Waals surface area contributed by atoms with E-state index in [9.17, 15) is 0 Å². The summed E-state index contributed by atoms with van der Waals surface area (Å²) in [5.74, 6) is 0. The minimum absolute atomic E-state index is 0. The molecule has 0 aliphatic carbocycles. The molecule has 0 aliphatic heterocycles. The van der Waals surface area contributed by atoms with Gasteiger partial charge in [0.25, 0.3) is 0 Å². The third-order valence-electron chi connectivity index (χ3n) is 0. The molecule has 0 spiro atoms. The average Bonchev–Trinajstić information content (AvgIpc) is 1.92. The second kappa shape index (κ2) is 147. The number of rotatable bonds is 0. The molecule has 0 saturated carbocycles. The van der Waals surface area contributed by atoms with Gasteiger partial charge in [0.2, 0.25) is 0 Å². The van der Waals surface area contributed by atoms with Gasteiger partial charge in [0.15, 0.2) is 0 Å². The molecule has 0 atom stereocenters. The molecular weight excluding hydrogens is 371 g/mol. The number of hydrogen-bond acceptors (Lipinski definition) is 4. The van der Waals surface area contributed by atoms with Gasteiger partial charge in [0.1, 0.15) is 0 Å². The molecule has 0 aromatic carbocycles. The van der Waals surface area contributed by atoms with Crippen LogP contribution in [0.3, 0.4) is 0 Å². The van der Waals surface area contributed by atoms with Gasteiger partial charge in [-0.15, -0.1) is 0 Å². The fourth-order valence-corrected chi connectivity index (χ4v) is 0. The molecule has 8 nitrogen and oxygen atoms in total. The zero-order valence-electron chi connectivity index (χ0n) is 5.74. The van der Waals surface area contributed by atoms with Gasteiger partial charge in [-0.3, -0.25) is 0 Å². The Morgan fingerprint density at radius 2 is 0.538 bits per heavy atom. The van der Waals surface area contributed by atoms with Gasteiger partial charge in [-0.05, 0) is 0 Å². The fourth-order valence-electron chi connectivity index (χ4n) is 0. The van der Waals surface area contributed by atoms with Crippen LogP contribution in [0, 0.1) is 0 Å². The molecular formula is C4H4O8Pt. The summed E-state index contributed by atoms with van der Waals surface area (Å²) in [4.78, 5) is 32.9. The zero-order chi connectivity index (χ0) is 10.8. The molecule has 0 fully saturated rings. The fraction of sp³-hybridized carbons (Fsp3) is 0. The molecule has 0 bridgehead atoms. The molecule has 9 heteroatoms. The van der Waals surface area contributed by atoms with Gasteiger partial charge < -0.3 is 39.6 Å². The van der Waals surface area contributed by atoms with Crippen LogP contribution in [0.5, 0.6) is 0 Å². The second-order valence-corrected chi connectivity index (χ2v) is 0.365. The first-order valence-electron chi connectivity index (χ1n) is 1.71. The van der Waals surface area contributed by atoms with Gasteiger partial charge >= 0.3 is 21.1 Å². The molecule has 0 saturated heterocycles. The van der Waals surface area contributed by atoms with E-state index >= 15 is 0 Å². The van der Waals surface area contributed by atoms with Crippen LogP contribution in [0.2, 0.25) is 0 Å². The summed E-state index contributed by atoms with van der Waals surface area (Å²) < 4.78 is 0. The molecule has 0 heterocycles. The van der Waals surface area contributed by atoms with Crippen molar-refractivity contribution >= 4 is 25.9 Å². The second-order valence-electron chi connectivity index (χ2n) is 0.365. The molecule has 0 amide bonds. The Hall–Kier alpha value is -1.43. The van der Waals surface area contributed by atoms with Crippen molar-refractivity contribution in [2.45, 2.75) is 0 Å². The summed E-state index contributed by atoms with van der Waals surface area (Å²) in [5.41, 5.74) is 0. The monoisotopic (exact) mass is 375 g/mol. The topological polar surface area (TPSA) is 149 Å². The first-order valence-corrected chi connectivity index (χ1v) is 1.71. The Labute approximate surface area is 87.1 Å². The van der Waals surface area contributed by atoms with Crippen LogP contribution in [0.15, 0.2) is 0 Å². The van der Waals surface area contributed by atoms with Crippen LogP contribution in [-0.4, -0.2) is 46.3 Å². The average molecular weight is 375 g/mol. The van der Waals surface area contributed by atoms with Crippen molar-refractivity contribution in [3.05, 3.63) is 0 Å². The minimum Gasteiger partial charge on any atom is -0.665 e. The first-order chi connectivity index (χ1) is 5.66. The van der Waals surface area contributed by atoms with E-state index in [1.54, 1.807) is 0 Å². The predicted molar refractivity (Wildman–Crippen MR) is 33.3 cm³/mol. The molecule has 0 aromatic heterocycles. The van der Waals surface area contributed by atoms with Crippen molar-refractivity contribution in [1.82, 2.24) is 0 Å². The molecule has 0 rings (SSSR count). The first kappa shape index (κ1) is 29.9. The van der Waals surface area contributed by atoms with Gasteiger partial charge in [0, 0.05) is 0 Å². The van der Waals surface area contributed by atoms with E-state index < -0.39 is 0 Å². The Bertz CT molecular complexity index is 70.1. The molecule has 0 unspecified atom stereocenters. The normalized spacial score (nSPS) is 3.69. The summed E-state index contributed by atoms with van der Waals surface area (Å²) in [6, 6.07) is 0. The van der Waals surface area contributed by atoms with Gasteiger partial charge in [-0.1, -0.05) is 25.9 Å². The van der Waals surface area contributed by atoms with Gasteiger partial charge in [-0.2, -0.15) is 0 Å². The van der Waals surface area contributed by atoms with E-state index in [0.29, 0.717) is 25.9 Å². The molecule has 0 aliphatic rings. The van der Waals surface area contributed by atoms with Crippen LogP contribution in [-0.2, 0) is 40.2 Å². The summed E-state index contributed by atoms with van der Waals surface area (Å²) in [7, 11) is 0. The van der Waals surface area contributed by atoms with Crippen LogP contribution in [0.1, 0.15) is 0 Å². The van der Waals surface area contributed by atoms with Crippen LogP contribution >= 0.6 is 0 Å². The van der Waals surface area contributed by atoms with Crippen molar-refractivity contribution in [2.24, 2.45) is 0 Å². The smallest absolute Gasteiger partial charge is 0.665 e. The minimum atomic E-state index is 0. The Kier molecular flexibility index (Phi) is 338. The summed E-state index contributed by atoms with van der Waals surface area (Å²) in [5, 5.41) is 27.1. The van der Waals surface area contributed by atoms with E-state index in [0.717, 1.165) is 0 Å². The molecule has 0 aromatic rings. The van der Waals surface area contributed by atoms with Gasteiger partial charge in [0.05, 0.1) is 0 Å². The van der Waals surface area contributed by atoms with E-state index in [-0.39, 0.29) is 21.1 Å². The summed E-state index contributed by atoms with van der Waals surface area (Å²) >= 11 is 0. The molecule has 0 radical (unpaired) electrons. The standard InChI is InChI=1S/4CHO2.Pt/c4*2-1-3;/h4*(H,2,3);/q4*-1;+4. The zero-order valence-corrected chi connectivity index (χ0v) is 8.01. The third kappa shape index (κ3) is 379. The maximum absolute atomic E-state index is 8.24. The van der Waals surface area contributed by atoms with Crippen LogP contribution in [0.4, 0.5) is 0 Å². The van der Waals surface area contributed by atoms with Crippen molar-refractivity contribution in [3.63, 3.8) is 0 Å². The van der Waals surface area contributed by atoms with Crippen molar-refractivity contribution in [2.75, 3.05) is 0 Å². The van der Waals surface area contributed by atoms with Crippen molar-refractivity contribution < 1.29 is 60.7 Å². The summed E-state index contributed by atoms with van der Waals surface area (Å²) in [6.07, 6.45) is 0. The van der Waals surface area contributed by atoms with E-state index in [1.807, 2.05) is 0 Å². The number of hydrogen-bond donors (Lipinski definition) is 4. The van der Waals surface area contributed by atoms with Crippen LogP contribution in [0.25, 0.3) is 0 Å². The quantitative estimate of drug-likeness (QED) is 0.372. The van der Waals surface area contributed by atoms with E-state index in [4.69, 9.17) is 39.6 Å². The number of aliphatic hydroxyl groups excluding tert-OH is 4. The maximum Gasteiger partial charge on any atom is 4.00 e. The Morgan fingerprint density at radius 1 is 0.538 bits per heavy atom. The SMILES string of the molecule is O=[C-]O.O=[C-]O.O=[C-]O.O=[C-]O.[Pt+4]. The van der Waals surface area contributed by atoms with E-state index in [1.165, 1.54) is 0 Å². The predicted octanol–water partition coefficient (Wildman–Crippen LogP) is -1.56. The Balaban J connectivity index is -0.0000000213. The van der Waals surface area contributed by atoms with E-state index in [2.05, 4.69) is 0 Å². The van der Waals surface area contributed by atoms with Crippen molar-refractivity contribution in [1.29, 1.82) is 0 Å². The molecule has 78 valence electrons. The van der Waals surface area contributed by atoms with Crippen molar-refractivity contribution in [3.8, 4) is 0 Å².